The van der Waals surface area contributed by atoms with Crippen molar-refractivity contribution in [2.24, 2.45) is 0 Å². The first-order chi connectivity index (χ1) is 7.84. The van der Waals surface area contributed by atoms with Crippen LogP contribution in [-0.2, 0) is 19.4 Å². The maximum atomic E-state index is 11.9. The minimum atomic E-state index is -3.34. The first-order valence-corrected chi connectivity index (χ1v) is 7.24. The van der Waals surface area contributed by atoms with Gasteiger partial charge in [-0.25, -0.2) is 8.42 Å². The molecule has 1 amide bonds. The van der Waals surface area contributed by atoms with Crippen molar-refractivity contribution in [3.63, 3.8) is 0 Å². The van der Waals surface area contributed by atoms with Gasteiger partial charge in [0, 0.05) is 13.6 Å². The molecule has 1 atom stereocenters. The monoisotopic (exact) mass is 263 g/mol. The molecule has 1 aliphatic heterocycles. The second kappa shape index (κ2) is 5.48. The van der Waals surface area contributed by atoms with Crippen LogP contribution in [0.5, 0.6) is 0 Å². The fourth-order valence-electron chi connectivity index (χ4n) is 1.85. The molecule has 1 rings (SSSR count). The zero-order valence-electron chi connectivity index (χ0n) is 9.76. The van der Waals surface area contributed by atoms with Crippen molar-refractivity contribution in [1.82, 2.24) is 4.90 Å². The van der Waals surface area contributed by atoms with Gasteiger partial charge < -0.3 is 10.0 Å². The number of hydrogen-bond donors (Lipinski definition) is 1. The van der Waals surface area contributed by atoms with Gasteiger partial charge in [0.05, 0.1) is 12.2 Å². The Hall–Kier alpha value is -1.11. The van der Waals surface area contributed by atoms with Gasteiger partial charge in [0.25, 0.3) is 0 Å². The fraction of sp³-hybridized carbons (Fsp3) is 0.800. The molecule has 0 spiro atoms. The van der Waals surface area contributed by atoms with Crippen LogP contribution in [0.3, 0.4) is 0 Å². The lowest BCUT2D eigenvalue weighted by atomic mass is 10.1. The molecule has 17 heavy (non-hydrogen) atoms. The van der Waals surface area contributed by atoms with Gasteiger partial charge in [0.1, 0.15) is 5.25 Å². The van der Waals surface area contributed by atoms with E-state index in [0.29, 0.717) is 12.8 Å². The van der Waals surface area contributed by atoms with Crippen LogP contribution in [0.2, 0.25) is 0 Å². The topological polar surface area (TPSA) is 91.8 Å². The van der Waals surface area contributed by atoms with Crippen LogP contribution in [0.1, 0.15) is 25.7 Å². The zero-order chi connectivity index (χ0) is 13.1. The van der Waals surface area contributed by atoms with Crippen LogP contribution < -0.4 is 0 Å². The number of hydrogen-bond acceptors (Lipinski definition) is 4. The lowest BCUT2D eigenvalue weighted by Gasteiger charge is -2.26. The highest BCUT2D eigenvalue weighted by molar-refractivity contribution is 7.92. The average molecular weight is 263 g/mol. The van der Waals surface area contributed by atoms with Crippen LogP contribution >= 0.6 is 0 Å². The summed E-state index contributed by atoms with van der Waals surface area (Å²) in [5.74, 6) is -1.43. The Labute approximate surface area is 101 Å². The van der Waals surface area contributed by atoms with E-state index in [1.807, 2.05) is 0 Å². The van der Waals surface area contributed by atoms with Crippen molar-refractivity contribution in [3.8, 4) is 0 Å². The molecule has 0 saturated carbocycles. The van der Waals surface area contributed by atoms with Crippen LogP contribution in [0.15, 0.2) is 0 Å². The second-order valence-electron chi connectivity index (χ2n) is 4.25. The zero-order valence-corrected chi connectivity index (χ0v) is 10.6. The van der Waals surface area contributed by atoms with E-state index in [0.717, 1.165) is 6.42 Å². The van der Waals surface area contributed by atoms with Gasteiger partial charge >= 0.3 is 5.97 Å². The van der Waals surface area contributed by atoms with Crippen molar-refractivity contribution in [1.29, 1.82) is 0 Å². The molecule has 6 nitrogen and oxygen atoms in total. The van der Waals surface area contributed by atoms with Crippen molar-refractivity contribution in [3.05, 3.63) is 0 Å². The molecule has 1 saturated heterocycles. The highest BCUT2D eigenvalue weighted by Crippen LogP contribution is 2.21. The predicted molar refractivity (Wildman–Crippen MR) is 61.3 cm³/mol. The molecule has 1 fully saturated rings. The standard InChI is InChI=1S/C10H17NO5S/c1-11(6-5-9(12)13)10(14)8-4-2-3-7-17(8,15)16/h8H,2-7H2,1H3,(H,12,13). The molecule has 1 N–H and O–H groups in total. The van der Waals surface area contributed by atoms with E-state index in [1.54, 1.807) is 0 Å². The van der Waals surface area contributed by atoms with E-state index in [4.69, 9.17) is 5.11 Å². The number of sulfone groups is 1. The third kappa shape index (κ3) is 3.69. The highest BCUT2D eigenvalue weighted by Gasteiger charge is 2.36. The summed E-state index contributed by atoms with van der Waals surface area (Å²) in [5, 5.41) is 7.52. The van der Waals surface area contributed by atoms with E-state index in [9.17, 15) is 18.0 Å². The Kier molecular flexibility index (Phi) is 4.50. The summed E-state index contributed by atoms with van der Waals surface area (Å²) in [6.45, 7) is 0.0419. The molecule has 98 valence electrons. The first kappa shape index (κ1) is 14.0. The van der Waals surface area contributed by atoms with Gasteiger partial charge in [-0.05, 0) is 12.8 Å². The quantitative estimate of drug-likeness (QED) is 0.764. The minimum absolute atomic E-state index is 0.0419. The number of nitrogens with zero attached hydrogens (tertiary/aromatic N) is 1. The lowest BCUT2D eigenvalue weighted by molar-refractivity contribution is -0.138. The Morgan fingerprint density at radius 2 is 2.00 bits per heavy atom. The van der Waals surface area contributed by atoms with Gasteiger partial charge in [-0.15, -0.1) is 0 Å². The number of aliphatic carboxylic acids is 1. The normalized spacial score (nSPS) is 23.0. The molecule has 0 aromatic rings. The van der Waals surface area contributed by atoms with E-state index < -0.39 is 27.0 Å². The molecule has 0 aromatic heterocycles. The number of rotatable bonds is 4. The van der Waals surface area contributed by atoms with Crippen LogP contribution in [0, 0.1) is 0 Å². The maximum Gasteiger partial charge on any atom is 0.305 e. The summed E-state index contributed by atoms with van der Waals surface area (Å²) < 4.78 is 23.4. The molecule has 0 aromatic carbocycles. The van der Waals surface area contributed by atoms with Crippen molar-refractivity contribution in [2.75, 3.05) is 19.3 Å². The Balaban J connectivity index is 2.65. The Morgan fingerprint density at radius 3 is 2.53 bits per heavy atom. The molecule has 0 bridgehead atoms. The van der Waals surface area contributed by atoms with E-state index in [2.05, 4.69) is 0 Å². The Morgan fingerprint density at radius 1 is 1.35 bits per heavy atom. The summed E-state index contributed by atoms with van der Waals surface area (Å²) in [5.41, 5.74) is 0. The third-order valence-corrected chi connectivity index (χ3v) is 5.05. The smallest absolute Gasteiger partial charge is 0.305 e. The number of carbonyl (C=O) groups excluding carboxylic acids is 1. The highest BCUT2D eigenvalue weighted by atomic mass is 32.2. The molecule has 1 unspecified atom stereocenters. The predicted octanol–water partition coefficient (Wildman–Crippen LogP) is -0.113. The maximum absolute atomic E-state index is 11.9. The van der Waals surface area contributed by atoms with Gasteiger partial charge in [-0.2, -0.15) is 0 Å². The van der Waals surface area contributed by atoms with Crippen molar-refractivity contribution in [2.45, 2.75) is 30.9 Å². The van der Waals surface area contributed by atoms with Crippen LogP contribution in [-0.4, -0.2) is 54.9 Å². The van der Waals surface area contributed by atoms with E-state index in [-0.39, 0.29) is 18.7 Å². The number of carboxylic acid groups (broad SMARTS) is 1. The minimum Gasteiger partial charge on any atom is -0.481 e. The number of carbonyl (C=O) groups is 2. The fourth-order valence-corrected chi connectivity index (χ4v) is 3.76. The summed E-state index contributed by atoms with van der Waals surface area (Å²) in [7, 11) is -1.91. The van der Waals surface area contributed by atoms with Gasteiger partial charge in [-0.1, -0.05) is 6.42 Å². The van der Waals surface area contributed by atoms with E-state index >= 15 is 0 Å². The molecule has 7 heteroatoms. The molecular formula is C10H17NO5S. The molecule has 1 aliphatic rings. The Bertz CT molecular complexity index is 403. The van der Waals surface area contributed by atoms with Crippen molar-refractivity contribution < 1.29 is 23.1 Å². The molecule has 1 heterocycles. The molecular weight excluding hydrogens is 246 g/mol. The van der Waals surface area contributed by atoms with Crippen LogP contribution in [0.25, 0.3) is 0 Å². The lowest BCUT2D eigenvalue weighted by Crippen LogP contribution is -2.44. The molecule has 0 radical (unpaired) electrons. The van der Waals surface area contributed by atoms with Gasteiger partial charge in [0.2, 0.25) is 5.91 Å². The van der Waals surface area contributed by atoms with Gasteiger partial charge in [-0.3, -0.25) is 9.59 Å². The largest absolute Gasteiger partial charge is 0.481 e. The summed E-state index contributed by atoms with van der Waals surface area (Å²) in [6.07, 6.45) is 1.50. The second-order valence-corrected chi connectivity index (χ2v) is 6.56. The first-order valence-electron chi connectivity index (χ1n) is 5.53. The molecule has 0 aliphatic carbocycles. The summed E-state index contributed by atoms with van der Waals surface area (Å²) >= 11 is 0. The number of amides is 1. The van der Waals surface area contributed by atoms with E-state index in [1.165, 1.54) is 11.9 Å². The van der Waals surface area contributed by atoms with Crippen molar-refractivity contribution >= 4 is 21.7 Å². The third-order valence-electron chi connectivity index (χ3n) is 2.89. The summed E-state index contributed by atoms with van der Waals surface area (Å²) in [4.78, 5) is 23.4. The van der Waals surface area contributed by atoms with Crippen LogP contribution in [0.4, 0.5) is 0 Å². The SMILES string of the molecule is CN(CCC(=O)O)C(=O)C1CCCCS1(=O)=O. The summed E-state index contributed by atoms with van der Waals surface area (Å²) in [6, 6.07) is 0. The number of carboxylic acids is 1. The van der Waals surface area contributed by atoms with Gasteiger partial charge in [0.15, 0.2) is 9.84 Å². The average Bonchev–Trinajstić information content (AvgIpc) is 2.24.